The second-order valence-electron chi connectivity index (χ2n) is 4.17. The first-order valence-corrected chi connectivity index (χ1v) is 6.36. The highest BCUT2D eigenvalue weighted by molar-refractivity contribution is 7.99. The number of carbonyl (C=O) groups is 1. The van der Waals surface area contributed by atoms with Crippen LogP contribution >= 0.6 is 11.8 Å². The highest BCUT2D eigenvalue weighted by Gasteiger charge is 2.47. The topological polar surface area (TPSA) is 125 Å². The van der Waals surface area contributed by atoms with Crippen molar-refractivity contribution < 1.29 is 30.0 Å². The number of thioether (sulfide) groups is 1. The highest BCUT2D eigenvalue weighted by Crippen LogP contribution is 2.32. The molecule has 0 unspecified atom stereocenters. The maximum atomic E-state index is 10.9. The van der Waals surface area contributed by atoms with Crippen molar-refractivity contribution in [1.29, 1.82) is 0 Å². The third-order valence-electron chi connectivity index (χ3n) is 2.81. The summed E-state index contributed by atoms with van der Waals surface area (Å²) in [5, 5.41) is 38.4. The zero-order valence-corrected chi connectivity index (χ0v) is 10.8. The van der Waals surface area contributed by atoms with Gasteiger partial charge in [-0.05, 0) is 0 Å². The molecule has 4 N–H and O–H groups in total. The van der Waals surface area contributed by atoms with Gasteiger partial charge in [-0.15, -0.1) is 0 Å². The Labute approximate surface area is 112 Å². The molecule has 1 aliphatic heterocycles. The number of carboxylic acids is 1. The van der Waals surface area contributed by atoms with Gasteiger partial charge in [-0.1, -0.05) is 11.8 Å². The second-order valence-corrected chi connectivity index (χ2v) is 5.24. The Hall–Kier alpha value is -1.13. The summed E-state index contributed by atoms with van der Waals surface area (Å²) in [5.74, 6) is -1.40. The number of aliphatic carboxylic acids is 1. The standard InChI is InChI=1S/C10H14N2O6S/c1-12-3-2-11-10(12)19-9-6(15)4(13)5(14)7(18-9)8(16)17/h2-7,9,13-15H,1H3,(H,16,17)/t4-,5-,6+,7+,9-/m1/s1. The number of aromatic nitrogens is 2. The van der Waals surface area contributed by atoms with E-state index < -0.39 is 35.8 Å². The van der Waals surface area contributed by atoms with Crippen molar-refractivity contribution in [3.05, 3.63) is 12.4 Å². The van der Waals surface area contributed by atoms with Crippen molar-refractivity contribution >= 4 is 17.7 Å². The monoisotopic (exact) mass is 290 g/mol. The van der Waals surface area contributed by atoms with Crippen LogP contribution in [0.15, 0.2) is 17.6 Å². The van der Waals surface area contributed by atoms with E-state index in [-0.39, 0.29) is 0 Å². The average Bonchev–Trinajstić information content (AvgIpc) is 2.75. The van der Waals surface area contributed by atoms with Gasteiger partial charge in [-0.3, -0.25) is 0 Å². The van der Waals surface area contributed by atoms with Gasteiger partial charge < -0.3 is 29.7 Å². The van der Waals surface area contributed by atoms with Gasteiger partial charge in [-0.2, -0.15) is 0 Å². The van der Waals surface area contributed by atoms with Crippen LogP contribution in [0.4, 0.5) is 0 Å². The van der Waals surface area contributed by atoms with Crippen LogP contribution in [0.2, 0.25) is 0 Å². The van der Waals surface area contributed by atoms with Gasteiger partial charge >= 0.3 is 5.97 Å². The summed E-state index contributed by atoms with van der Waals surface area (Å²) in [6, 6.07) is 0. The zero-order chi connectivity index (χ0) is 14.2. The normalized spacial score (nSPS) is 35.3. The first-order chi connectivity index (χ1) is 8.91. The summed E-state index contributed by atoms with van der Waals surface area (Å²) in [6.07, 6.45) is -3.04. The average molecular weight is 290 g/mol. The molecule has 1 fully saturated rings. The Balaban J connectivity index is 2.15. The number of hydrogen-bond donors (Lipinski definition) is 4. The molecule has 0 amide bonds. The van der Waals surface area contributed by atoms with Gasteiger partial charge in [0.05, 0.1) is 0 Å². The number of rotatable bonds is 3. The number of carboxylic acid groups (broad SMARTS) is 1. The molecule has 0 aliphatic carbocycles. The molecule has 1 aromatic heterocycles. The predicted molar refractivity (Wildman–Crippen MR) is 63.4 cm³/mol. The van der Waals surface area contributed by atoms with E-state index in [4.69, 9.17) is 9.84 Å². The molecule has 106 valence electrons. The number of imidazole rings is 1. The number of ether oxygens (including phenoxy) is 1. The van der Waals surface area contributed by atoms with Crippen molar-refractivity contribution in [1.82, 2.24) is 9.55 Å². The van der Waals surface area contributed by atoms with Crippen molar-refractivity contribution in [2.24, 2.45) is 7.05 Å². The van der Waals surface area contributed by atoms with Crippen molar-refractivity contribution in [3.8, 4) is 0 Å². The molecular weight excluding hydrogens is 276 g/mol. The van der Waals surface area contributed by atoms with Gasteiger partial charge in [0.25, 0.3) is 0 Å². The Morgan fingerprint density at radius 2 is 2.05 bits per heavy atom. The van der Waals surface area contributed by atoms with E-state index in [0.29, 0.717) is 5.16 Å². The van der Waals surface area contributed by atoms with Crippen molar-refractivity contribution in [2.45, 2.75) is 35.0 Å². The molecule has 1 saturated heterocycles. The summed E-state index contributed by atoms with van der Waals surface area (Å²) in [6.45, 7) is 0. The zero-order valence-electron chi connectivity index (χ0n) is 9.95. The van der Waals surface area contributed by atoms with Crippen molar-refractivity contribution in [3.63, 3.8) is 0 Å². The van der Waals surface area contributed by atoms with Crippen LogP contribution in [0.1, 0.15) is 0 Å². The maximum Gasteiger partial charge on any atom is 0.335 e. The largest absolute Gasteiger partial charge is 0.479 e. The van der Waals surface area contributed by atoms with Crippen LogP contribution < -0.4 is 0 Å². The van der Waals surface area contributed by atoms with Crippen LogP contribution in [0.3, 0.4) is 0 Å². The van der Waals surface area contributed by atoms with E-state index in [9.17, 15) is 20.1 Å². The van der Waals surface area contributed by atoms with Gasteiger partial charge in [0.15, 0.2) is 11.3 Å². The smallest absolute Gasteiger partial charge is 0.335 e. The Morgan fingerprint density at radius 3 is 2.58 bits per heavy atom. The maximum absolute atomic E-state index is 10.9. The highest BCUT2D eigenvalue weighted by atomic mass is 32.2. The molecular formula is C10H14N2O6S. The number of aliphatic hydroxyl groups is 3. The molecule has 8 nitrogen and oxygen atoms in total. The SMILES string of the molecule is Cn1ccnc1S[C@H]1O[C@H](C(=O)O)[C@H](O)[C@@H](O)[C@@H]1O. The minimum Gasteiger partial charge on any atom is -0.479 e. The lowest BCUT2D eigenvalue weighted by Crippen LogP contribution is -2.58. The third-order valence-corrected chi connectivity index (χ3v) is 4.04. The molecule has 19 heavy (non-hydrogen) atoms. The van der Waals surface area contributed by atoms with Gasteiger partial charge in [-0.25, -0.2) is 9.78 Å². The number of aryl methyl sites for hydroxylation is 1. The summed E-state index contributed by atoms with van der Waals surface area (Å²) < 4.78 is 6.78. The van der Waals surface area contributed by atoms with E-state index in [1.807, 2.05) is 0 Å². The first kappa shape index (κ1) is 14.3. The summed E-state index contributed by atoms with van der Waals surface area (Å²) in [5.41, 5.74) is -1.03. The fourth-order valence-electron chi connectivity index (χ4n) is 1.72. The molecule has 0 spiro atoms. The third kappa shape index (κ3) is 2.74. The fraction of sp³-hybridized carbons (Fsp3) is 0.600. The fourth-order valence-corrected chi connectivity index (χ4v) is 2.75. The molecule has 0 aromatic carbocycles. The quantitative estimate of drug-likeness (QED) is 0.525. The number of hydrogen-bond acceptors (Lipinski definition) is 7. The van der Waals surface area contributed by atoms with E-state index in [1.165, 1.54) is 6.20 Å². The minimum atomic E-state index is -1.68. The van der Waals surface area contributed by atoms with Gasteiger partial charge in [0.1, 0.15) is 23.7 Å². The Kier molecular flexibility index (Phi) is 4.11. The van der Waals surface area contributed by atoms with Crippen LogP contribution in [0.25, 0.3) is 0 Å². The molecule has 0 bridgehead atoms. The molecule has 2 heterocycles. The first-order valence-electron chi connectivity index (χ1n) is 5.48. The summed E-state index contributed by atoms with van der Waals surface area (Å²) in [7, 11) is 1.73. The van der Waals surface area contributed by atoms with Crippen molar-refractivity contribution in [2.75, 3.05) is 0 Å². The van der Waals surface area contributed by atoms with E-state index in [2.05, 4.69) is 4.98 Å². The summed E-state index contributed by atoms with van der Waals surface area (Å²) >= 11 is 0.978. The lowest BCUT2D eigenvalue weighted by molar-refractivity contribution is -0.209. The number of nitrogens with zero attached hydrogens (tertiary/aromatic N) is 2. The molecule has 2 rings (SSSR count). The van der Waals surface area contributed by atoms with Crippen LogP contribution in [0.5, 0.6) is 0 Å². The van der Waals surface area contributed by atoms with Gasteiger partial charge in [0, 0.05) is 19.4 Å². The van der Waals surface area contributed by atoms with Crippen LogP contribution in [-0.2, 0) is 16.6 Å². The molecule has 5 atom stereocenters. The lowest BCUT2D eigenvalue weighted by atomic mass is 10.0. The lowest BCUT2D eigenvalue weighted by Gasteiger charge is -2.38. The van der Waals surface area contributed by atoms with Gasteiger partial charge in [0.2, 0.25) is 0 Å². The van der Waals surface area contributed by atoms with Crippen LogP contribution in [0, 0.1) is 0 Å². The molecule has 1 aromatic rings. The number of aliphatic hydroxyl groups excluding tert-OH is 3. The molecule has 0 radical (unpaired) electrons. The van der Waals surface area contributed by atoms with E-state index in [0.717, 1.165) is 11.8 Å². The van der Waals surface area contributed by atoms with E-state index in [1.54, 1.807) is 17.8 Å². The Bertz CT molecular complexity index is 467. The minimum absolute atomic E-state index is 0.497. The van der Waals surface area contributed by atoms with E-state index >= 15 is 0 Å². The molecule has 1 aliphatic rings. The second kappa shape index (κ2) is 5.47. The van der Waals surface area contributed by atoms with Crippen LogP contribution in [-0.4, -0.2) is 65.8 Å². The summed E-state index contributed by atoms with van der Waals surface area (Å²) in [4.78, 5) is 14.9. The molecule has 0 saturated carbocycles. The predicted octanol–water partition coefficient (Wildman–Crippen LogP) is -1.60. The molecule has 9 heteroatoms. The Morgan fingerprint density at radius 1 is 1.37 bits per heavy atom.